The predicted molar refractivity (Wildman–Crippen MR) is 82.1 cm³/mol. The summed E-state index contributed by atoms with van der Waals surface area (Å²) in [6.45, 7) is 1.92. The van der Waals surface area contributed by atoms with Gasteiger partial charge < -0.3 is 15.2 Å². The lowest BCUT2D eigenvalue weighted by atomic mass is 10.1. The first-order chi connectivity index (χ1) is 10.6. The maximum atomic E-state index is 11.5. The van der Waals surface area contributed by atoms with Crippen LogP contribution in [0.5, 0.6) is 11.6 Å². The Bertz CT molecular complexity index is 627. The predicted octanol–water partition coefficient (Wildman–Crippen LogP) is 1.88. The summed E-state index contributed by atoms with van der Waals surface area (Å²) in [5.74, 6) is 1.35. The van der Waals surface area contributed by atoms with Gasteiger partial charge in [0.2, 0.25) is 11.8 Å². The van der Waals surface area contributed by atoms with Crippen molar-refractivity contribution in [2.75, 3.05) is 13.2 Å². The molecular formula is C15H16ClN3O3. The van der Waals surface area contributed by atoms with Crippen molar-refractivity contribution in [2.24, 2.45) is 0 Å². The number of carbonyl (C=O) groups is 1. The summed E-state index contributed by atoms with van der Waals surface area (Å²) in [4.78, 5) is 19.6. The Labute approximate surface area is 133 Å². The number of aliphatic hydroxyl groups excluding tert-OH is 1. The Morgan fingerprint density at radius 2 is 2.05 bits per heavy atom. The lowest BCUT2D eigenvalue weighted by Crippen LogP contribution is -2.27. The van der Waals surface area contributed by atoms with E-state index in [9.17, 15) is 4.79 Å². The number of aryl methyl sites for hydroxylation is 1. The summed E-state index contributed by atoms with van der Waals surface area (Å²) in [7, 11) is 0. The highest BCUT2D eigenvalue weighted by Crippen LogP contribution is 2.22. The topological polar surface area (TPSA) is 84.3 Å². The summed E-state index contributed by atoms with van der Waals surface area (Å²) >= 11 is 5.85. The average molecular weight is 322 g/mol. The van der Waals surface area contributed by atoms with Crippen LogP contribution < -0.4 is 10.1 Å². The second-order valence-electron chi connectivity index (χ2n) is 4.57. The molecule has 2 N–H and O–H groups in total. The van der Waals surface area contributed by atoms with E-state index >= 15 is 0 Å². The molecule has 22 heavy (non-hydrogen) atoms. The van der Waals surface area contributed by atoms with Gasteiger partial charge in [0.25, 0.3) is 0 Å². The molecule has 6 nitrogen and oxygen atoms in total. The molecule has 1 aromatic carbocycles. The van der Waals surface area contributed by atoms with Gasteiger partial charge in [-0.1, -0.05) is 23.7 Å². The molecule has 0 fully saturated rings. The molecule has 2 aromatic rings. The van der Waals surface area contributed by atoms with Gasteiger partial charge in [-0.2, -0.15) is 4.98 Å². The van der Waals surface area contributed by atoms with Gasteiger partial charge in [-0.15, -0.1) is 0 Å². The molecule has 0 bridgehead atoms. The first-order valence-corrected chi connectivity index (χ1v) is 7.10. The summed E-state index contributed by atoms with van der Waals surface area (Å²) < 4.78 is 5.60. The molecule has 0 saturated carbocycles. The minimum absolute atomic E-state index is 0.0700. The van der Waals surface area contributed by atoms with Gasteiger partial charge in [-0.25, -0.2) is 4.98 Å². The molecule has 0 aliphatic heterocycles. The van der Waals surface area contributed by atoms with E-state index in [0.29, 0.717) is 22.6 Å². The maximum absolute atomic E-state index is 11.5. The van der Waals surface area contributed by atoms with Gasteiger partial charge in [0.15, 0.2) is 0 Å². The van der Waals surface area contributed by atoms with Crippen LogP contribution in [0.3, 0.4) is 0 Å². The van der Waals surface area contributed by atoms with Crippen molar-refractivity contribution in [3.05, 3.63) is 46.9 Å². The van der Waals surface area contributed by atoms with Crippen molar-refractivity contribution in [1.29, 1.82) is 0 Å². The molecule has 0 atom stereocenters. The first kappa shape index (κ1) is 16.2. The van der Waals surface area contributed by atoms with Crippen LogP contribution in [0.15, 0.2) is 30.3 Å². The number of carbonyl (C=O) groups excluding carboxylic acids is 1. The number of nitrogens with zero attached hydrogens (tertiary/aromatic N) is 2. The molecule has 2 rings (SSSR count). The summed E-state index contributed by atoms with van der Waals surface area (Å²) in [5.41, 5.74) is 0.847. The molecule has 0 radical (unpaired) electrons. The summed E-state index contributed by atoms with van der Waals surface area (Å²) in [6.07, 6.45) is 0.249. The molecule has 1 aromatic heterocycles. The number of aromatic nitrogens is 2. The highest BCUT2D eigenvalue weighted by Gasteiger charge is 2.05. The number of hydrogen-bond donors (Lipinski definition) is 2. The van der Waals surface area contributed by atoms with Crippen LogP contribution in [0.4, 0.5) is 0 Å². The monoisotopic (exact) mass is 321 g/mol. The molecule has 0 unspecified atom stereocenters. The van der Waals surface area contributed by atoms with E-state index in [1.165, 1.54) is 6.07 Å². The fraction of sp³-hybridized carbons (Fsp3) is 0.267. The number of amides is 1. The van der Waals surface area contributed by atoms with Crippen molar-refractivity contribution in [3.63, 3.8) is 0 Å². The number of halogens is 1. The van der Waals surface area contributed by atoms with Gasteiger partial charge in [-0.3, -0.25) is 4.79 Å². The number of aliphatic hydroxyl groups is 1. The number of nitrogens with one attached hydrogen (secondary N) is 1. The van der Waals surface area contributed by atoms with E-state index in [-0.39, 0.29) is 25.5 Å². The minimum Gasteiger partial charge on any atom is -0.439 e. The minimum atomic E-state index is -0.138. The number of ether oxygens (including phenoxy) is 1. The number of hydrogen-bond acceptors (Lipinski definition) is 5. The highest BCUT2D eigenvalue weighted by atomic mass is 35.5. The van der Waals surface area contributed by atoms with E-state index in [1.54, 1.807) is 31.2 Å². The van der Waals surface area contributed by atoms with Crippen LogP contribution >= 0.6 is 11.6 Å². The number of rotatable bonds is 6. The van der Waals surface area contributed by atoms with Crippen LogP contribution in [0.25, 0.3) is 0 Å². The molecule has 0 saturated heterocycles. The molecule has 1 amide bonds. The fourth-order valence-corrected chi connectivity index (χ4v) is 2.01. The standard InChI is InChI=1S/C15H16ClN3O3/c1-10-18-13(16)9-15(19-10)22-12-4-2-11(3-5-12)8-14(21)17-6-7-20/h2-5,9,20H,6-8H2,1H3,(H,17,21). The van der Waals surface area contributed by atoms with E-state index in [2.05, 4.69) is 15.3 Å². The van der Waals surface area contributed by atoms with Gasteiger partial charge in [0, 0.05) is 12.6 Å². The van der Waals surface area contributed by atoms with E-state index in [4.69, 9.17) is 21.4 Å². The van der Waals surface area contributed by atoms with Crippen LogP contribution in [0.1, 0.15) is 11.4 Å². The van der Waals surface area contributed by atoms with E-state index in [1.807, 2.05) is 0 Å². The summed E-state index contributed by atoms with van der Waals surface area (Å²) in [5, 5.41) is 11.6. The third-order valence-electron chi connectivity index (χ3n) is 2.73. The second-order valence-corrected chi connectivity index (χ2v) is 4.96. The molecule has 0 aliphatic rings. The van der Waals surface area contributed by atoms with Gasteiger partial charge >= 0.3 is 0 Å². The second kappa shape index (κ2) is 7.72. The maximum Gasteiger partial charge on any atom is 0.224 e. The van der Waals surface area contributed by atoms with Gasteiger partial charge in [-0.05, 0) is 24.6 Å². The highest BCUT2D eigenvalue weighted by molar-refractivity contribution is 6.29. The molecule has 7 heteroatoms. The third-order valence-corrected chi connectivity index (χ3v) is 2.92. The Kier molecular flexibility index (Phi) is 5.68. The molecule has 116 valence electrons. The Morgan fingerprint density at radius 1 is 1.32 bits per heavy atom. The largest absolute Gasteiger partial charge is 0.439 e. The zero-order chi connectivity index (χ0) is 15.9. The van der Waals surface area contributed by atoms with Crippen molar-refractivity contribution in [1.82, 2.24) is 15.3 Å². The third kappa shape index (κ3) is 4.98. The van der Waals surface area contributed by atoms with Crippen molar-refractivity contribution < 1.29 is 14.6 Å². The SMILES string of the molecule is Cc1nc(Cl)cc(Oc2ccc(CC(=O)NCCO)cc2)n1. The molecule has 0 aliphatic carbocycles. The Balaban J connectivity index is 1.98. The lowest BCUT2D eigenvalue weighted by Gasteiger charge is -2.07. The molecule has 0 spiro atoms. The normalized spacial score (nSPS) is 10.3. The first-order valence-electron chi connectivity index (χ1n) is 6.72. The molecule has 1 heterocycles. The zero-order valence-corrected chi connectivity index (χ0v) is 12.8. The van der Waals surface area contributed by atoms with E-state index in [0.717, 1.165) is 5.56 Å². The molecular weight excluding hydrogens is 306 g/mol. The lowest BCUT2D eigenvalue weighted by molar-refractivity contribution is -0.120. The van der Waals surface area contributed by atoms with Crippen LogP contribution in [-0.2, 0) is 11.2 Å². The average Bonchev–Trinajstić information content (AvgIpc) is 2.46. The van der Waals surface area contributed by atoms with Crippen molar-refractivity contribution in [3.8, 4) is 11.6 Å². The van der Waals surface area contributed by atoms with E-state index < -0.39 is 0 Å². The van der Waals surface area contributed by atoms with Gasteiger partial charge in [0.05, 0.1) is 13.0 Å². The Morgan fingerprint density at radius 3 is 2.68 bits per heavy atom. The van der Waals surface area contributed by atoms with Crippen molar-refractivity contribution in [2.45, 2.75) is 13.3 Å². The van der Waals surface area contributed by atoms with Crippen LogP contribution in [0, 0.1) is 6.92 Å². The number of benzene rings is 1. The van der Waals surface area contributed by atoms with Crippen LogP contribution in [0.2, 0.25) is 5.15 Å². The quantitative estimate of drug-likeness (QED) is 0.794. The Hall–Kier alpha value is -2.18. The summed E-state index contributed by atoms with van der Waals surface area (Å²) in [6, 6.07) is 8.62. The zero-order valence-electron chi connectivity index (χ0n) is 12.0. The van der Waals surface area contributed by atoms with Gasteiger partial charge in [0.1, 0.15) is 16.7 Å². The smallest absolute Gasteiger partial charge is 0.224 e. The van der Waals surface area contributed by atoms with Crippen molar-refractivity contribution >= 4 is 17.5 Å². The fourth-order valence-electron chi connectivity index (χ4n) is 1.80. The van der Waals surface area contributed by atoms with Crippen LogP contribution in [-0.4, -0.2) is 34.1 Å².